The minimum Gasteiger partial charge on any atom is -0.289 e. The van der Waals surface area contributed by atoms with Gasteiger partial charge in [-0.15, -0.1) is 0 Å². The average molecular weight is 258 g/mol. The van der Waals surface area contributed by atoms with Crippen LogP contribution in [0.4, 0.5) is 0 Å². The summed E-state index contributed by atoms with van der Waals surface area (Å²) in [6, 6.07) is 0.269. The lowest BCUT2D eigenvalue weighted by atomic mass is 9.95. The molecule has 5 heteroatoms. The van der Waals surface area contributed by atoms with Crippen LogP contribution in [-0.2, 0) is 0 Å². The quantitative estimate of drug-likeness (QED) is 0.900. The number of allylic oxidation sites excluding steroid dienone is 1. The van der Waals surface area contributed by atoms with E-state index in [1.807, 2.05) is 19.1 Å². The zero-order valence-corrected chi connectivity index (χ0v) is 11.1. The zero-order valence-electron chi connectivity index (χ0n) is 11.1. The fraction of sp³-hybridized carbons (Fsp3) is 0.500. The van der Waals surface area contributed by atoms with Gasteiger partial charge in [-0.1, -0.05) is 25.3 Å². The van der Waals surface area contributed by atoms with Crippen LogP contribution in [0.15, 0.2) is 17.1 Å². The lowest BCUT2D eigenvalue weighted by Crippen LogP contribution is -2.24. The maximum absolute atomic E-state index is 12.1. The number of hydrogen-bond donors (Lipinski definition) is 1. The second kappa shape index (κ2) is 4.99. The first-order valence-electron chi connectivity index (χ1n) is 6.89. The molecule has 1 aliphatic rings. The molecule has 0 atom stereocenters. The second-order valence-electron chi connectivity index (χ2n) is 5.06. The van der Waals surface area contributed by atoms with Gasteiger partial charge in [0.25, 0.3) is 0 Å². The van der Waals surface area contributed by atoms with Gasteiger partial charge in [-0.25, -0.2) is 14.8 Å². The molecule has 100 valence electrons. The van der Waals surface area contributed by atoms with Crippen molar-refractivity contribution in [2.75, 3.05) is 0 Å². The Bertz CT molecular complexity index is 662. The predicted octanol–water partition coefficient (Wildman–Crippen LogP) is 2.66. The Morgan fingerprint density at radius 3 is 2.89 bits per heavy atom. The summed E-state index contributed by atoms with van der Waals surface area (Å²) < 4.78 is 1.80. The van der Waals surface area contributed by atoms with Crippen LogP contribution in [0, 0.1) is 0 Å². The number of aromatic nitrogens is 4. The van der Waals surface area contributed by atoms with Gasteiger partial charge in [-0.2, -0.15) is 0 Å². The lowest BCUT2D eigenvalue weighted by Gasteiger charge is -2.22. The van der Waals surface area contributed by atoms with Gasteiger partial charge in [0.05, 0.1) is 11.9 Å². The van der Waals surface area contributed by atoms with Crippen molar-refractivity contribution in [2.24, 2.45) is 0 Å². The lowest BCUT2D eigenvalue weighted by molar-refractivity contribution is 0.352. The van der Waals surface area contributed by atoms with E-state index in [9.17, 15) is 4.79 Å². The largest absolute Gasteiger partial charge is 0.329 e. The summed E-state index contributed by atoms with van der Waals surface area (Å²) >= 11 is 0. The van der Waals surface area contributed by atoms with Crippen molar-refractivity contribution in [2.45, 2.75) is 45.1 Å². The monoisotopic (exact) mass is 258 g/mol. The van der Waals surface area contributed by atoms with E-state index >= 15 is 0 Å². The topological polar surface area (TPSA) is 63.6 Å². The van der Waals surface area contributed by atoms with Crippen LogP contribution < -0.4 is 5.69 Å². The smallest absolute Gasteiger partial charge is 0.289 e. The molecule has 0 aliphatic heterocycles. The van der Waals surface area contributed by atoms with E-state index in [0.29, 0.717) is 11.3 Å². The van der Waals surface area contributed by atoms with Gasteiger partial charge >= 0.3 is 5.69 Å². The van der Waals surface area contributed by atoms with Crippen molar-refractivity contribution in [1.29, 1.82) is 0 Å². The summed E-state index contributed by atoms with van der Waals surface area (Å²) in [4.78, 5) is 23.7. The predicted molar refractivity (Wildman–Crippen MR) is 75.0 cm³/mol. The number of aromatic amines is 1. The van der Waals surface area contributed by atoms with E-state index in [4.69, 9.17) is 0 Å². The second-order valence-corrected chi connectivity index (χ2v) is 5.06. The minimum absolute atomic E-state index is 0.0838. The first kappa shape index (κ1) is 12.1. The Morgan fingerprint density at radius 1 is 1.37 bits per heavy atom. The van der Waals surface area contributed by atoms with Crippen LogP contribution in [0.1, 0.15) is 50.8 Å². The van der Waals surface area contributed by atoms with Crippen molar-refractivity contribution in [3.05, 3.63) is 28.5 Å². The number of H-pyrrole nitrogens is 1. The number of rotatable bonds is 2. The first-order valence-corrected chi connectivity index (χ1v) is 6.89. The molecular formula is C14H18N4O. The van der Waals surface area contributed by atoms with Crippen molar-refractivity contribution >= 4 is 17.4 Å². The maximum atomic E-state index is 12.1. The molecule has 0 unspecified atom stereocenters. The number of fused-ring (bicyclic) bond motifs is 1. The highest BCUT2D eigenvalue weighted by Gasteiger charge is 2.21. The van der Waals surface area contributed by atoms with Crippen LogP contribution >= 0.6 is 0 Å². The Hall–Kier alpha value is -1.91. The average Bonchev–Trinajstić information content (AvgIpc) is 2.75. The van der Waals surface area contributed by atoms with Crippen LogP contribution in [0.2, 0.25) is 0 Å². The molecule has 2 heterocycles. The van der Waals surface area contributed by atoms with E-state index < -0.39 is 0 Å². The Morgan fingerprint density at radius 2 is 2.16 bits per heavy atom. The summed E-state index contributed by atoms with van der Waals surface area (Å²) in [5.74, 6) is 0. The Labute approximate surface area is 111 Å². The fourth-order valence-corrected chi connectivity index (χ4v) is 2.84. The molecule has 0 saturated heterocycles. The molecule has 5 nitrogen and oxygen atoms in total. The highest BCUT2D eigenvalue weighted by molar-refractivity contribution is 5.67. The Balaban J connectivity index is 2.13. The molecule has 19 heavy (non-hydrogen) atoms. The number of imidazole rings is 1. The molecule has 1 N–H and O–H groups in total. The molecule has 0 amide bonds. The third-order valence-corrected chi connectivity index (χ3v) is 3.72. The zero-order chi connectivity index (χ0) is 13.2. The molecule has 2 aromatic rings. The van der Waals surface area contributed by atoms with Gasteiger partial charge in [0, 0.05) is 6.04 Å². The standard InChI is InChI=1S/C14H18N4O/c1-2-6-10-9-15-12-13(16-10)18(14(19)17-12)11-7-4-3-5-8-11/h2,6,9,11H,3-5,7-8H2,1H3,(H,15,17,19)/b6-2+. The van der Waals surface area contributed by atoms with E-state index in [1.54, 1.807) is 10.8 Å². The number of hydrogen-bond acceptors (Lipinski definition) is 3. The van der Waals surface area contributed by atoms with Gasteiger partial charge in [-0.05, 0) is 25.8 Å². The Kier molecular flexibility index (Phi) is 3.19. The first-order chi connectivity index (χ1) is 9.29. The minimum atomic E-state index is -0.0838. The van der Waals surface area contributed by atoms with Crippen molar-refractivity contribution in [3.63, 3.8) is 0 Å². The van der Waals surface area contributed by atoms with Crippen molar-refractivity contribution in [1.82, 2.24) is 19.5 Å². The molecule has 2 aromatic heterocycles. The maximum Gasteiger partial charge on any atom is 0.329 e. The molecule has 0 spiro atoms. The molecule has 0 aromatic carbocycles. The van der Waals surface area contributed by atoms with Crippen molar-refractivity contribution in [3.8, 4) is 0 Å². The van der Waals surface area contributed by atoms with E-state index in [0.717, 1.165) is 18.5 Å². The number of nitrogens with one attached hydrogen (secondary N) is 1. The van der Waals surface area contributed by atoms with Crippen molar-refractivity contribution < 1.29 is 0 Å². The summed E-state index contributed by atoms with van der Waals surface area (Å²) in [6.45, 7) is 1.94. The van der Waals surface area contributed by atoms with Gasteiger partial charge in [0.15, 0.2) is 11.3 Å². The van der Waals surface area contributed by atoms with Gasteiger partial charge < -0.3 is 0 Å². The van der Waals surface area contributed by atoms with Crippen LogP contribution in [-0.4, -0.2) is 19.5 Å². The van der Waals surface area contributed by atoms with Crippen LogP contribution in [0.25, 0.3) is 17.4 Å². The van der Waals surface area contributed by atoms with Gasteiger partial charge in [0.1, 0.15) is 0 Å². The third-order valence-electron chi connectivity index (χ3n) is 3.72. The molecule has 1 aliphatic carbocycles. The summed E-state index contributed by atoms with van der Waals surface area (Å²) in [5, 5.41) is 0. The molecular weight excluding hydrogens is 240 g/mol. The third kappa shape index (κ3) is 2.20. The summed E-state index contributed by atoms with van der Waals surface area (Å²) in [5.41, 5.74) is 1.98. The summed E-state index contributed by atoms with van der Waals surface area (Å²) in [6.07, 6.45) is 11.3. The molecule has 3 rings (SSSR count). The molecule has 1 saturated carbocycles. The van der Waals surface area contributed by atoms with Gasteiger partial charge in [-0.3, -0.25) is 9.55 Å². The van der Waals surface area contributed by atoms with E-state index in [-0.39, 0.29) is 11.7 Å². The van der Waals surface area contributed by atoms with E-state index in [1.165, 1.54) is 19.3 Å². The fourth-order valence-electron chi connectivity index (χ4n) is 2.84. The normalized spacial score (nSPS) is 17.5. The van der Waals surface area contributed by atoms with Crippen LogP contribution in [0.3, 0.4) is 0 Å². The number of nitrogens with zero attached hydrogens (tertiary/aromatic N) is 3. The van der Waals surface area contributed by atoms with E-state index in [2.05, 4.69) is 15.0 Å². The van der Waals surface area contributed by atoms with Crippen LogP contribution in [0.5, 0.6) is 0 Å². The molecule has 1 fully saturated rings. The highest BCUT2D eigenvalue weighted by atomic mass is 16.1. The molecule has 0 bridgehead atoms. The highest BCUT2D eigenvalue weighted by Crippen LogP contribution is 2.28. The van der Waals surface area contributed by atoms with Gasteiger partial charge in [0.2, 0.25) is 0 Å². The SMILES string of the molecule is C/C=C/c1cnc2[nH]c(=O)n(C3CCCCC3)c2n1. The molecule has 0 radical (unpaired) electrons. The summed E-state index contributed by atoms with van der Waals surface area (Å²) in [7, 11) is 0.